The minimum absolute atomic E-state index is 0.501. The van der Waals surface area contributed by atoms with Gasteiger partial charge >= 0.3 is 0 Å². The average Bonchev–Trinajstić information content (AvgIpc) is 2.38. The molecule has 0 atom stereocenters. The molecule has 1 aromatic heterocycles. The van der Waals surface area contributed by atoms with Crippen molar-refractivity contribution in [1.29, 1.82) is 0 Å². The van der Waals surface area contributed by atoms with Gasteiger partial charge in [0.1, 0.15) is 0 Å². The normalized spacial score (nSPS) is 10.4. The smallest absolute Gasteiger partial charge is 0.0597 e. The van der Waals surface area contributed by atoms with Crippen LogP contribution in [-0.4, -0.2) is 12.0 Å². The van der Waals surface area contributed by atoms with E-state index >= 15 is 0 Å². The Morgan fingerprint density at radius 3 is 2.89 bits per heavy atom. The monoisotopic (exact) mass is 324 g/mol. The first kappa shape index (κ1) is 13.4. The molecule has 0 amide bonds. The van der Waals surface area contributed by atoms with Gasteiger partial charge in [0.2, 0.25) is 0 Å². The highest BCUT2D eigenvalue weighted by atomic mass is 79.9. The molecule has 0 aliphatic rings. The first-order valence-electron chi connectivity index (χ1n) is 5.65. The van der Waals surface area contributed by atoms with Crippen molar-refractivity contribution < 1.29 is 0 Å². The molecule has 2 rings (SSSR count). The van der Waals surface area contributed by atoms with Crippen molar-refractivity contribution in [2.24, 2.45) is 0 Å². The maximum atomic E-state index is 5.94. The Kier molecular flexibility index (Phi) is 4.61. The molecule has 0 bridgehead atoms. The molecule has 0 saturated carbocycles. The summed E-state index contributed by atoms with van der Waals surface area (Å²) in [6.45, 7) is 0.828. The maximum Gasteiger partial charge on any atom is 0.0597 e. The summed E-state index contributed by atoms with van der Waals surface area (Å²) in [6.07, 6.45) is 3.63. The summed E-state index contributed by atoms with van der Waals surface area (Å²) in [5.41, 5.74) is 3.42. The van der Waals surface area contributed by atoms with E-state index in [1.165, 1.54) is 5.56 Å². The summed E-state index contributed by atoms with van der Waals surface area (Å²) in [5.74, 6) is 0.501. The van der Waals surface area contributed by atoms with Gasteiger partial charge in [-0.15, -0.1) is 11.6 Å². The lowest BCUT2D eigenvalue weighted by Gasteiger charge is -2.21. The first-order valence-corrected chi connectivity index (χ1v) is 6.98. The molecule has 2 nitrogen and oxygen atoms in total. The second-order valence-electron chi connectivity index (χ2n) is 4.12. The SMILES string of the molecule is CN(Cc1cccc(Br)c1)c1cnccc1CCl. The number of rotatable bonds is 4. The molecule has 0 aliphatic carbocycles. The Balaban J connectivity index is 2.19. The van der Waals surface area contributed by atoms with Crippen LogP contribution in [0, 0.1) is 0 Å². The van der Waals surface area contributed by atoms with Crippen LogP contribution in [0.3, 0.4) is 0 Å². The fourth-order valence-corrected chi connectivity index (χ4v) is 2.54. The number of halogens is 2. The van der Waals surface area contributed by atoms with Gasteiger partial charge in [0.05, 0.1) is 11.9 Å². The largest absolute Gasteiger partial charge is 0.369 e. The van der Waals surface area contributed by atoms with Crippen LogP contribution in [0.2, 0.25) is 0 Å². The second kappa shape index (κ2) is 6.21. The van der Waals surface area contributed by atoms with Crippen molar-refractivity contribution in [3.05, 3.63) is 58.3 Å². The van der Waals surface area contributed by atoms with Gasteiger partial charge in [-0.2, -0.15) is 0 Å². The number of benzene rings is 1. The quantitative estimate of drug-likeness (QED) is 0.782. The summed E-state index contributed by atoms with van der Waals surface area (Å²) in [6, 6.07) is 10.3. The lowest BCUT2D eigenvalue weighted by Crippen LogP contribution is -2.18. The van der Waals surface area contributed by atoms with Crippen LogP contribution in [-0.2, 0) is 12.4 Å². The zero-order chi connectivity index (χ0) is 13.0. The Morgan fingerprint density at radius 1 is 1.33 bits per heavy atom. The molecule has 0 fully saturated rings. The number of pyridine rings is 1. The van der Waals surface area contributed by atoms with Crippen molar-refractivity contribution in [2.45, 2.75) is 12.4 Å². The highest BCUT2D eigenvalue weighted by Gasteiger charge is 2.07. The highest BCUT2D eigenvalue weighted by Crippen LogP contribution is 2.22. The minimum Gasteiger partial charge on any atom is -0.369 e. The number of nitrogens with zero attached hydrogens (tertiary/aromatic N) is 2. The Labute approximate surface area is 121 Å². The number of hydrogen-bond acceptors (Lipinski definition) is 2. The van der Waals surface area contributed by atoms with Gasteiger partial charge < -0.3 is 4.90 Å². The summed E-state index contributed by atoms with van der Waals surface area (Å²) in [7, 11) is 2.05. The molecule has 0 unspecified atom stereocenters. The van der Waals surface area contributed by atoms with Crippen LogP contribution in [0.5, 0.6) is 0 Å². The third-order valence-electron chi connectivity index (χ3n) is 2.75. The van der Waals surface area contributed by atoms with Gasteiger partial charge in [-0.25, -0.2) is 0 Å². The van der Waals surface area contributed by atoms with Crippen molar-refractivity contribution in [3.8, 4) is 0 Å². The van der Waals surface area contributed by atoms with Crippen molar-refractivity contribution >= 4 is 33.2 Å². The molecule has 18 heavy (non-hydrogen) atoms. The van der Waals surface area contributed by atoms with E-state index in [9.17, 15) is 0 Å². The molecular formula is C14H14BrClN2. The maximum absolute atomic E-state index is 5.94. The van der Waals surface area contributed by atoms with E-state index in [0.717, 1.165) is 22.3 Å². The van der Waals surface area contributed by atoms with Crippen molar-refractivity contribution in [3.63, 3.8) is 0 Å². The van der Waals surface area contributed by atoms with Crippen molar-refractivity contribution in [2.75, 3.05) is 11.9 Å². The third-order valence-corrected chi connectivity index (χ3v) is 3.53. The molecule has 1 aromatic carbocycles. The molecule has 0 N–H and O–H groups in total. The van der Waals surface area contributed by atoms with Gasteiger partial charge in [0.25, 0.3) is 0 Å². The number of anilines is 1. The number of hydrogen-bond donors (Lipinski definition) is 0. The van der Waals surface area contributed by atoms with E-state index in [2.05, 4.69) is 37.9 Å². The van der Waals surface area contributed by atoms with Gasteiger partial charge in [0, 0.05) is 30.1 Å². The van der Waals surface area contributed by atoms with Crippen LogP contribution >= 0.6 is 27.5 Å². The summed E-state index contributed by atoms with van der Waals surface area (Å²) in [4.78, 5) is 6.32. The van der Waals surface area contributed by atoms with Crippen molar-refractivity contribution in [1.82, 2.24) is 4.98 Å². The fraction of sp³-hybridized carbons (Fsp3) is 0.214. The van der Waals surface area contributed by atoms with Crippen LogP contribution in [0.4, 0.5) is 5.69 Å². The van der Waals surface area contributed by atoms with E-state index in [1.807, 2.05) is 31.4 Å². The lowest BCUT2D eigenvalue weighted by molar-refractivity contribution is 0.909. The predicted molar refractivity (Wildman–Crippen MR) is 80.0 cm³/mol. The van der Waals surface area contributed by atoms with E-state index in [-0.39, 0.29) is 0 Å². The zero-order valence-corrected chi connectivity index (χ0v) is 12.4. The predicted octanol–water partition coefficient (Wildman–Crippen LogP) is 4.22. The minimum atomic E-state index is 0.501. The van der Waals surface area contributed by atoms with Gasteiger partial charge in [0.15, 0.2) is 0 Å². The summed E-state index contributed by atoms with van der Waals surface area (Å²) < 4.78 is 1.09. The zero-order valence-electron chi connectivity index (χ0n) is 10.1. The van der Waals surface area contributed by atoms with E-state index in [4.69, 9.17) is 11.6 Å². The Bertz CT molecular complexity index is 531. The number of alkyl halides is 1. The van der Waals surface area contributed by atoms with Gasteiger partial charge in [-0.1, -0.05) is 28.1 Å². The van der Waals surface area contributed by atoms with E-state index in [1.54, 1.807) is 6.20 Å². The molecule has 0 spiro atoms. The second-order valence-corrected chi connectivity index (χ2v) is 5.31. The fourth-order valence-electron chi connectivity index (χ4n) is 1.87. The summed E-state index contributed by atoms with van der Waals surface area (Å²) in [5, 5.41) is 0. The Morgan fingerprint density at radius 2 is 2.17 bits per heavy atom. The molecule has 0 radical (unpaired) electrons. The molecule has 0 saturated heterocycles. The number of aromatic nitrogens is 1. The van der Waals surface area contributed by atoms with Crippen LogP contribution in [0.1, 0.15) is 11.1 Å². The van der Waals surface area contributed by atoms with Crippen LogP contribution in [0.15, 0.2) is 47.2 Å². The van der Waals surface area contributed by atoms with Crippen LogP contribution < -0.4 is 4.90 Å². The van der Waals surface area contributed by atoms with E-state index in [0.29, 0.717) is 5.88 Å². The topological polar surface area (TPSA) is 16.1 Å². The molecule has 94 valence electrons. The lowest BCUT2D eigenvalue weighted by atomic mass is 10.2. The highest BCUT2D eigenvalue weighted by molar-refractivity contribution is 9.10. The first-order chi connectivity index (χ1) is 8.70. The van der Waals surface area contributed by atoms with Crippen LogP contribution in [0.25, 0.3) is 0 Å². The van der Waals surface area contributed by atoms with Gasteiger partial charge in [-0.3, -0.25) is 4.98 Å². The van der Waals surface area contributed by atoms with E-state index < -0.39 is 0 Å². The summed E-state index contributed by atoms with van der Waals surface area (Å²) >= 11 is 9.43. The molecule has 0 aliphatic heterocycles. The average molecular weight is 326 g/mol. The third kappa shape index (κ3) is 3.24. The Hall–Kier alpha value is -1.06. The molecule has 4 heteroatoms. The van der Waals surface area contributed by atoms with Gasteiger partial charge in [-0.05, 0) is 29.3 Å². The molecular weight excluding hydrogens is 312 g/mol. The molecule has 2 aromatic rings. The standard InChI is InChI=1S/C14H14BrClN2/c1-18(10-11-3-2-4-13(15)7-11)14-9-17-6-5-12(14)8-16/h2-7,9H,8,10H2,1H3. The molecule has 1 heterocycles.